The number of hydrogen-bond donors (Lipinski definition) is 5. The van der Waals surface area contributed by atoms with E-state index < -0.39 is 24.0 Å². The van der Waals surface area contributed by atoms with Gasteiger partial charge in [0.05, 0.1) is 12.5 Å². The highest BCUT2D eigenvalue weighted by Gasteiger charge is 2.21. The molecule has 0 aliphatic carbocycles. The van der Waals surface area contributed by atoms with Crippen molar-refractivity contribution in [2.45, 2.75) is 25.5 Å². The van der Waals surface area contributed by atoms with Gasteiger partial charge in [-0.1, -0.05) is 0 Å². The van der Waals surface area contributed by atoms with Gasteiger partial charge in [0, 0.05) is 12.2 Å². The second-order valence-electron chi connectivity index (χ2n) is 4.45. The number of benzene rings is 1. The van der Waals surface area contributed by atoms with Crippen LogP contribution in [0, 0.1) is 0 Å². The van der Waals surface area contributed by atoms with E-state index >= 15 is 0 Å². The second-order valence-corrected chi connectivity index (χ2v) is 4.45. The summed E-state index contributed by atoms with van der Waals surface area (Å²) in [7, 11) is 0. The topological polar surface area (TPSA) is 119 Å². The number of carbonyl (C=O) groups is 2. The lowest BCUT2D eigenvalue weighted by Gasteiger charge is -2.15. The first kappa shape index (κ1) is 15.9. The molecule has 0 radical (unpaired) electrons. The molecule has 0 bridgehead atoms. The molecule has 5 N–H and O–H groups in total. The molecule has 2 atom stereocenters. The van der Waals surface area contributed by atoms with Crippen LogP contribution in [0.1, 0.15) is 13.3 Å². The lowest BCUT2D eigenvalue weighted by molar-refractivity contribution is -0.141. The van der Waals surface area contributed by atoms with Gasteiger partial charge in [-0.2, -0.15) is 0 Å². The van der Waals surface area contributed by atoms with Gasteiger partial charge in [-0.05, 0) is 31.2 Å². The standard InChI is InChI=1S/C13H18N2O5/c1-8(16)7-14-11(13(19)20)6-12(18)15-9-2-4-10(17)5-3-9/h2-5,8,11,14,16-17H,6-7H2,1H3,(H,15,18)(H,19,20)/t8-,11+/m0/s1. The van der Waals surface area contributed by atoms with E-state index in [1.54, 1.807) is 0 Å². The van der Waals surface area contributed by atoms with Crippen molar-refractivity contribution in [2.24, 2.45) is 0 Å². The Balaban J connectivity index is 2.53. The van der Waals surface area contributed by atoms with Crippen LogP contribution < -0.4 is 10.6 Å². The maximum absolute atomic E-state index is 11.7. The molecule has 0 saturated carbocycles. The molecule has 20 heavy (non-hydrogen) atoms. The Morgan fingerprint density at radius 2 is 1.85 bits per heavy atom. The molecule has 1 rings (SSSR count). The minimum absolute atomic E-state index is 0.0741. The average Bonchev–Trinajstić information content (AvgIpc) is 2.36. The first-order valence-corrected chi connectivity index (χ1v) is 6.11. The number of rotatable bonds is 7. The molecule has 7 heteroatoms. The molecule has 0 unspecified atom stereocenters. The largest absolute Gasteiger partial charge is 0.508 e. The summed E-state index contributed by atoms with van der Waals surface area (Å²) in [5.41, 5.74) is 0.465. The molecule has 110 valence electrons. The summed E-state index contributed by atoms with van der Waals surface area (Å²) < 4.78 is 0. The minimum atomic E-state index is -1.16. The predicted molar refractivity (Wildman–Crippen MR) is 72.5 cm³/mol. The van der Waals surface area contributed by atoms with Crippen LogP contribution in [-0.4, -0.2) is 45.9 Å². The molecule has 0 fully saturated rings. The van der Waals surface area contributed by atoms with Gasteiger partial charge >= 0.3 is 5.97 Å². The van der Waals surface area contributed by atoms with E-state index in [9.17, 15) is 9.59 Å². The Morgan fingerprint density at radius 1 is 1.25 bits per heavy atom. The van der Waals surface area contributed by atoms with Gasteiger partial charge in [0.15, 0.2) is 0 Å². The zero-order chi connectivity index (χ0) is 15.1. The van der Waals surface area contributed by atoms with Crippen LogP contribution in [0.5, 0.6) is 5.75 Å². The normalized spacial score (nSPS) is 13.5. The third kappa shape index (κ3) is 5.68. The molecule has 1 amide bonds. The molecule has 0 heterocycles. The van der Waals surface area contributed by atoms with Crippen molar-refractivity contribution in [2.75, 3.05) is 11.9 Å². The van der Waals surface area contributed by atoms with Crippen molar-refractivity contribution in [3.63, 3.8) is 0 Å². The molecule has 0 saturated heterocycles. The number of carbonyl (C=O) groups excluding carboxylic acids is 1. The number of carboxylic acid groups (broad SMARTS) is 1. The lowest BCUT2D eigenvalue weighted by atomic mass is 10.2. The monoisotopic (exact) mass is 282 g/mol. The highest BCUT2D eigenvalue weighted by Crippen LogP contribution is 2.14. The number of aromatic hydroxyl groups is 1. The number of amides is 1. The number of nitrogens with one attached hydrogen (secondary N) is 2. The van der Waals surface area contributed by atoms with Gasteiger partial charge in [0.1, 0.15) is 11.8 Å². The molecule has 0 aromatic heterocycles. The van der Waals surface area contributed by atoms with Crippen LogP contribution in [0.25, 0.3) is 0 Å². The van der Waals surface area contributed by atoms with E-state index in [0.717, 1.165) is 0 Å². The van der Waals surface area contributed by atoms with E-state index in [2.05, 4.69) is 10.6 Å². The fourth-order valence-electron chi connectivity index (χ4n) is 1.50. The van der Waals surface area contributed by atoms with Gasteiger partial charge in [-0.15, -0.1) is 0 Å². The molecule has 1 aromatic rings. The van der Waals surface area contributed by atoms with E-state index in [1.807, 2.05) is 0 Å². The minimum Gasteiger partial charge on any atom is -0.508 e. The van der Waals surface area contributed by atoms with Crippen molar-refractivity contribution in [3.05, 3.63) is 24.3 Å². The Bertz CT molecular complexity index is 458. The molecule has 0 aliphatic heterocycles. The van der Waals surface area contributed by atoms with Crippen LogP contribution in [0.15, 0.2) is 24.3 Å². The van der Waals surface area contributed by atoms with E-state index in [-0.39, 0.29) is 18.7 Å². The fraction of sp³-hybridized carbons (Fsp3) is 0.385. The van der Waals surface area contributed by atoms with Crippen molar-refractivity contribution in [1.29, 1.82) is 0 Å². The number of hydrogen-bond acceptors (Lipinski definition) is 5. The maximum Gasteiger partial charge on any atom is 0.321 e. The quantitative estimate of drug-likeness (QED) is 0.454. The van der Waals surface area contributed by atoms with E-state index in [1.165, 1.54) is 31.2 Å². The Kier molecular flexibility index (Phi) is 5.95. The van der Waals surface area contributed by atoms with Crippen molar-refractivity contribution in [3.8, 4) is 5.75 Å². The third-order valence-corrected chi connectivity index (χ3v) is 2.50. The van der Waals surface area contributed by atoms with Gasteiger partial charge in [0.25, 0.3) is 0 Å². The van der Waals surface area contributed by atoms with Crippen molar-refractivity contribution in [1.82, 2.24) is 5.32 Å². The summed E-state index contributed by atoms with van der Waals surface area (Å²) in [4.78, 5) is 22.7. The highest BCUT2D eigenvalue weighted by molar-refractivity contribution is 5.94. The second kappa shape index (κ2) is 7.46. The van der Waals surface area contributed by atoms with Crippen molar-refractivity contribution < 1.29 is 24.9 Å². The van der Waals surface area contributed by atoms with Crippen LogP contribution >= 0.6 is 0 Å². The SMILES string of the molecule is C[C@H](O)CN[C@H](CC(=O)Nc1ccc(O)cc1)C(=O)O. The third-order valence-electron chi connectivity index (χ3n) is 2.50. The zero-order valence-electron chi connectivity index (χ0n) is 11.0. The predicted octanol–water partition coefficient (Wildman–Crippen LogP) is 0.144. The summed E-state index contributed by atoms with van der Waals surface area (Å²) in [6.45, 7) is 1.60. The average molecular weight is 282 g/mol. The first-order valence-electron chi connectivity index (χ1n) is 6.11. The van der Waals surface area contributed by atoms with Gasteiger partial charge in [-0.3, -0.25) is 9.59 Å². The summed E-state index contributed by atoms with van der Waals surface area (Å²) >= 11 is 0. The summed E-state index contributed by atoms with van der Waals surface area (Å²) in [5.74, 6) is -1.56. The molecule has 0 spiro atoms. The number of aliphatic carboxylic acids is 1. The molecule has 0 aliphatic rings. The molecule has 1 aromatic carbocycles. The maximum atomic E-state index is 11.7. The summed E-state index contributed by atoms with van der Waals surface area (Å²) in [5, 5.41) is 32.3. The van der Waals surface area contributed by atoms with Crippen LogP contribution in [0.4, 0.5) is 5.69 Å². The molecule has 7 nitrogen and oxygen atoms in total. The smallest absolute Gasteiger partial charge is 0.321 e. The Labute approximate surface area is 116 Å². The Morgan fingerprint density at radius 3 is 2.35 bits per heavy atom. The van der Waals surface area contributed by atoms with E-state index in [4.69, 9.17) is 15.3 Å². The first-order chi connectivity index (χ1) is 9.38. The summed E-state index contributed by atoms with van der Waals surface area (Å²) in [6, 6.07) is 4.77. The van der Waals surface area contributed by atoms with Gasteiger partial charge < -0.3 is 26.0 Å². The van der Waals surface area contributed by atoms with Crippen LogP contribution in [-0.2, 0) is 9.59 Å². The van der Waals surface area contributed by atoms with Gasteiger partial charge in [0.2, 0.25) is 5.91 Å². The number of anilines is 1. The summed E-state index contributed by atoms with van der Waals surface area (Å²) in [6.07, 6.45) is -0.958. The van der Waals surface area contributed by atoms with Crippen molar-refractivity contribution >= 4 is 17.6 Å². The van der Waals surface area contributed by atoms with Gasteiger partial charge in [-0.25, -0.2) is 0 Å². The molecular weight excluding hydrogens is 264 g/mol. The van der Waals surface area contributed by atoms with Crippen LogP contribution in [0.2, 0.25) is 0 Å². The number of aliphatic hydroxyl groups is 1. The van der Waals surface area contributed by atoms with Crippen LogP contribution in [0.3, 0.4) is 0 Å². The molecular formula is C13H18N2O5. The zero-order valence-corrected chi connectivity index (χ0v) is 11.0. The number of aliphatic hydroxyl groups excluding tert-OH is 1. The fourth-order valence-corrected chi connectivity index (χ4v) is 1.50. The number of phenols is 1. The number of phenolic OH excluding ortho intramolecular Hbond substituents is 1. The number of carboxylic acids is 1. The lowest BCUT2D eigenvalue weighted by Crippen LogP contribution is -2.42. The van der Waals surface area contributed by atoms with E-state index in [0.29, 0.717) is 5.69 Å². The Hall–Kier alpha value is -2.12. The highest BCUT2D eigenvalue weighted by atomic mass is 16.4.